The molecular formula is C16H15ClFNO2. The van der Waals surface area contributed by atoms with E-state index in [9.17, 15) is 4.39 Å². The first-order valence-corrected chi connectivity index (χ1v) is 7.02. The molecule has 3 rings (SSSR count). The molecule has 0 bridgehead atoms. The molecule has 0 aliphatic carbocycles. The van der Waals surface area contributed by atoms with Crippen LogP contribution < -0.4 is 15.2 Å². The summed E-state index contributed by atoms with van der Waals surface area (Å²) in [4.78, 5) is 0. The Bertz CT molecular complexity index is 677. The molecule has 1 aliphatic heterocycles. The van der Waals surface area contributed by atoms with E-state index in [1.807, 2.05) is 6.07 Å². The van der Waals surface area contributed by atoms with Crippen molar-refractivity contribution in [3.05, 3.63) is 58.4 Å². The molecular weight excluding hydrogens is 293 g/mol. The van der Waals surface area contributed by atoms with Crippen molar-refractivity contribution in [1.29, 1.82) is 0 Å². The SMILES string of the molecule is COc1cccc(Cl)c1C1C[C@H](N)c2ccc(F)cc2O1. The van der Waals surface area contributed by atoms with Crippen LogP contribution in [0.3, 0.4) is 0 Å². The lowest BCUT2D eigenvalue weighted by Crippen LogP contribution is -2.24. The highest BCUT2D eigenvalue weighted by molar-refractivity contribution is 6.31. The zero-order valence-corrected chi connectivity index (χ0v) is 12.2. The first-order chi connectivity index (χ1) is 10.1. The molecule has 1 heterocycles. The molecule has 3 nitrogen and oxygen atoms in total. The van der Waals surface area contributed by atoms with Gasteiger partial charge < -0.3 is 15.2 Å². The van der Waals surface area contributed by atoms with E-state index in [0.717, 1.165) is 11.1 Å². The van der Waals surface area contributed by atoms with Crippen LogP contribution in [0.4, 0.5) is 4.39 Å². The molecule has 2 aromatic rings. The number of hydrogen-bond acceptors (Lipinski definition) is 3. The molecule has 0 saturated carbocycles. The summed E-state index contributed by atoms with van der Waals surface area (Å²) in [5, 5.41) is 0.548. The number of benzene rings is 2. The molecule has 2 N–H and O–H groups in total. The van der Waals surface area contributed by atoms with Crippen molar-refractivity contribution in [2.24, 2.45) is 5.73 Å². The van der Waals surface area contributed by atoms with Gasteiger partial charge in [-0.25, -0.2) is 4.39 Å². The van der Waals surface area contributed by atoms with Gasteiger partial charge in [0, 0.05) is 24.1 Å². The Labute approximate surface area is 127 Å². The van der Waals surface area contributed by atoms with Crippen LogP contribution in [0.15, 0.2) is 36.4 Å². The molecule has 21 heavy (non-hydrogen) atoms. The van der Waals surface area contributed by atoms with Gasteiger partial charge in [-0.2, -0.15) is 0 Å². The Balaban J connectivity index is 2.03. The minimum Gasteiger partial charge on any atom is -0.496 e. The van der Waals surface area contributed by atoms with Gasteiger partial charge in [-0.15, -0.1) is 0 Å². The van der Waals surface area contributed by atoms with Gasteiger partial charge in [0.25, 0.3) is 0 Å². The fraction of sp³-hybridized carbons (Fsp3) is 0.250. The van der Waals surface area contributed by atoms with Crippen molar-refractivity contribution < 1.29 is 13.9 Å². The molecule has 0 radical (unpaired) electrons. The topological polar surface area (TPSA) is 44.5 Å². The van der Waals surface area contributed by atoms with Gasteiger partial charge in [-0.3, -0.25) is 0 Å². The summed E-state index contributed by atoms with van der Waals surface area (Å²) in [7, 11) is 1.57. The molecule has 110 valence electrons. The first kappa shape index (κ1) is 14.2. The fourth-order valence-electron chi connectivity index (χ4n) is 2.66. The predicted octanol–water partition coefficient (Wildman–Crippen LogP) is 4.01. The smallest absolute Gasteiger partial charge is 0.131 e. The number of halogens is 2. The van der Waals surface area contributed by atoms with E-state index in [-0.39, 0.29) is 18.0 Å². The summed E-state index contributed by atoms with van der Waals surface area (Å²) in [6, 6.07) is 9.56. The number of fused-ring (bicyclic) bond motifs is 1. The van der Waals surface area contributed by atoms with E-state index in [4.69, 9.17) is 26.8 Å². The van der Waals surface area contributed by atoms with Crippen molar-refractivity contribution >= 4 is 11.6 Å². The van der Waals surface area contributed by atoms with Crippen molar-refractivity contribution in [1.82, 2.24) is 0 Å². The van der Waals surface area contributed by atoms with Crippen molar-refractivity contribution in [3.63, 3.8) is 0 Å². The number of ether oxygens (including phenoxy) is 2. The first-order valence-electron chi connectivity index (χ1n) is 6.64. The molecule has 0 fully saturated rings. The van der Waals surface area contributed by atoms with Gasteiger partial charge in [0.2, 0.25) is 0 Å². The number of nitrogens with two attached hydrogens (primary N) is 1. The molecule has 1 aliphatic rings. The molecule has 1 unspecified atom stereocenters. The van der Waals surface area contributed by atoms with Gasteiger partial charge >= 0.3 is 0 Å². The van der Waals surface area contributed by atoms with Crippen molar-refractivity contribution in [2.45, 2.75) is 18.6 Å². The number of methoxy groups -OCH3 is 1. The third-order valence-corrected chi connectivity index (χ3v) is 4.00. The summed E-state index contributed by atoms with van der Waals surface area (Å²) in [5.41, 5.74) is 7.73. The van der Waals surface area contributed by atoms with Crippen LogP contribution in [-0.2, 0) is 0 Å². The largest absolute Gasteiger partial charge is 0.496 e. The average molecular weight is 308 g/mol. The Kier molecular flexibility index (Phi) is 3.74. The predicted molar refractivity (Wildman–Crippen MR) is 79.3 cm³/mol. The lowest BCUT2D eigenvalue weighted by atomic mass is 9.93. The molecule has 0 saturated heterocycles. The third-order valence-electron chi connectivity index (χ3n) is 3.67. The standard InChI is InChI=1S/C16H15ClFNO2/c1-20-13-4-2-3-11(17)16(13)15-8-12(19)10-6-5-9(18)7-14(10)21-15/h2-7,12,15H,8,19H2,1H3/t12-,15?/m0/s1. The number of hydrogen-bond donors (Lipinski definition) is 1. The summed E-state index contributed by atoms with van der Waals surface area (Å²) in [5.74, 6) is 0.744. The summed E-state index contributed by atoms with van der Waals surface area (Å²) in [6.07, 6.45) is 0.191. The lowest BCUT2D eigenvalue weighted by molar-refractivity contribution is 0.157. The molecule has 0 amide bonds. The molecule has 0 aromatic heterocycles. The average Bonchev–Trinajstić information content (AvgIpc) is 2.46. The molecule has 5 heteroatoms. The van der Waals surface area contributed by atoms with Crippen molar-refractivity contribution in [3.8, 4) is 11.5 Å². The quantitative estimate of drug-likeness (QED) is 0.911. The van der Waals surface area contributed by atoms with Crippen LogP contribution in [0.2, 0.25) is 5.02 Å². The van der Waals surface area contributed by atoms with E-state index in [0.29, 0.717) is 22.9 Å². The monoisotopic (exact) mass is 307 g/mol. The molecule has 0 spiro atoms. The van der Waals surface area contributed by atoms with E-state index in [1.54, 1.807) is 25.3 Å². The summed E-state index contributed by atoms with van der Waals surface area (Å²) < 4.78 is 24.7. The van der Waals surface area contributed by atoms with Gasteiger partial charge in [0.1, 0.15) is 23.4 Å². The minimum atomic E-state index is -0.363. The maximum absolute atomic E-state index is 13.4. The fourth-order valence-corrected chi connectivity index (χ4v) is 2.95. The highest BCUT2D eigenvalue weighted by Gasteiger charge is 2.30. The normalized spacial score (nSPS) is 20.6. The highest BCUT2D eigenvalue weighted by atomic mass is 35.5. The highest BCUT2D eigenvalue weighted by Crippen LogP contribution is 2.44. The Morgan fingerprint density at radius 2 is 2.14 bits per heavy atom. The summed E-state index contributed by atoms with van der Waals surface area (Å²) in [6.45, 7) is 0. The maximum atomic E-state index is 13.4. The van der Waals surface area contributed by atoms with Gasteiger partial charge in [0.15, 0.2) is 0 Å². The zero-order valence-electron chi connectivity index (χ0n) is 11.5. The number of rotatable bonds is 2. The van der Waals surface area contributed by atoms with Crippen LogP contribution in [0.1, 0.15) is 29.7 Å². The second-order valence-corrected chi connectivity index (χ2v) is 5.39. The van der Waals surface area contributed by atoms with Gasteiger partial charge in [-0.05, 0) is 18.2 Å². The van der Waals surface area contributed by atoms with E-state index in [2.05, 4.69) is 0 Å². The Morgan fingerprint density at radius 1 is 1.33 bits per heavy atom. The van der Waals surface area contributed by atoms with Crippen molar-refractivity contribution in [2.75, 3.05) is 7.11 Å². The molecule has 2 atom stereocenters. The summed E-state index contributed by atoms with van der Waals surface area (Å²) >= 11 is 6.27. The Hall–Kier alpha value is -1.78. The van der Waals surface area contributed by atoms with Crippen LogP contribution in [0, 0.1) is 5.82 Å². The van der Waals surface area contributed by atoms with Crippen LogP contribution in [0.25, 0.3) is 0 Å². The minimum absolute atomic E-state index is 0.236. The van der Waals surface area contributed by atoms with E-state index >= 15 is 0 Å². The zero-order chi connectivity index (χ0) is 15.0. The molecule has 2 aromatic carbocycles. The second-order valence-electron chi connectivity index (χ2n) is 4.99. The maximum Gasteiger partial charge on any atom is 0.131 e. The van der Waals surface area contributed by atoms with Crippen LogP contribution >= 0.6 is 11.6 Å². The third kappa shape index (κ3) is 2.57. The van der Waals surface area contributed by atoms with Gasteiger partial charge in [-0.1, -0.05) is 23.7 Å². The van der Waals surface area contributed by atoms with Gasteiger partial charge in [0.05, 0.1) is 17.7 Å². The van der Waals surface area contributed by atoms with Crippen LogP contribution in [0.5, 0.6) is 11.5 Å². The second kappa shape index (κ2) is 5.54. The van der Waals surface area contributed by atoms with Crippen LogP contribution in [-0.4, -0.2) is 7.11 Å². The van der Waals surface area contributed by atoms with E-state index < -0.39 is 0 Å². The van der Waals surface area contributed by atoms with E-state index in [1.165, 1.54) is 12.1 Å². The lowest BCUT2D eigenvalue weighted by Gasteiger charge is -2.31. The Morgan fingerprint density at radius 3 is 2.90 bits per heavy atom.